The molecule has 0 saturated carbocycles. The molecule has 0 aromatic rings. The normalized spacial score (nSPS) is 10.9. The highest BCUT2D eigenvalue weighted by Gasteiger charge is 2.05. The third-order valence-electron chi connectivity index (χ3n) is 1.74. The Hall–Kier alpha value is -1.11. The van der Waals surface area contributed by atoms with Crippen LogP contribution < -0.4 is 10.6 Å². The fourth-order valence-corrected chi connectivity index (χ4v) is 1.69. The molecule has 0 radical (unpaired) electrons. The molecule has 0 aromatic heterocycles. The van der Waals surface area contributed by atoms with E-state index in [4.69, 9.17) is 0 Å². The standard InChI is InChI=1S/C9H18N2O4S/c1-8(12)10-5-6-11-9(13)4-3-7-16(2,14)15/h3-7H2,1-2H3,(H,10,12)(H,11,13). The Morgan fingerprint density at radius 1 is 1.12 bits per heavy atom. The summed E-state index contributed by atoms with van der Waals surface area (Å²) < 4.78 is 21.5. The van der Waals surface area contributed by atoms with Crippen LogP contribution in [-0.2, 0) is 19.4 Å². The van der Waals surface area contributed by atoms with Gasteiger partial charge >= 0.3 is 0 Å². The molecule has 0 saturated heterocycles. The average Bonchev–Trinajstić information content (AvgIpc) is 2.10. The summed E-state index contributed by atoms with van der Waals surface area (Å²) >= 11 is 0. The molecule has 2 amide bonds. The highest BCUT2D eigenvalue weighted by Crippen LogP contribution is 1.93. The van der Waals surface area contributed by atoms with Crippen molar-refractivity contribution in [1.29, 1.82) is 0 Å². The smallest absolute Gasteiger partial charge is 0.220 e. The topological polar surface area (TPSA) is 92.3 Å². The van der Waals surface area contributed by atoms with Crippen LogP contribution in [0.15, 0.2) is 0 Å². The second-order valence-corrected chi connectivity index (χ2v) is 5.83. The summed E-state index contributed by atoms with van der Waals surface area (Å²) in [5.74, 6) is -0.327. The van der Waals surface area contributed by atoms with E-state index < -0.39 is 9.84 Å². The van der Waals surface area contributed by atoms with Crippen LogP contribution >= 0.6 is 0 Å². The molecular formula is C9H18N2O4S. The third kappa shape index (κ3) is 11.0. The van der Waals surface area contributed by atoms with Crippen LogP contribution in [0.25, 0.3) is 0 Å². The van der Waals surface area contributed by atoms with Crippen molar-refractivity contribution >= 4 is 21.7 Å². The van der Waals surface area contributed by atoms with E-state index in [9.17, 15) is 18.0 Å². The van der Waals surface area contributed by atoms with Crippen molar-refractivity contribution < 1.29 is 18.0 Å². The van der Waals surface area contributed by atoms with Gasteiger partial charge in [-0.25, -0.2) is 8.42 Å². The van der Waals surface area contributed by atoms with Crippen LogP contribution in [-0.4, -0.2) is 45.3 Å². The number of rotatable bonds is 7. The largest absolute Gasteiger partial charge is 0.355 e. The van der Waals surface area contributed by atoms with Crippen LogP contribution in [0.1, 0.15) is 19.8 Å². The Bertz CT molecular complexity index is 337. The van der Waals surface area contributed by atoms with Gasteiger partial charge in [0.1, 0.15) is 9.84 Å². The van der Waals surface area contributed by atoms with Crippen molar-refractivity contribution in [2.24, 2.45) is 0 Å². The number of hydrogen-bond donors (Lipinski definition) is 2. The van der Waals surface area contributed by atoms with Crippen molar-refractivity contribution in [2.75, 3.05) is 25.1 Å². The summed E-state index contributed by atoms with van der Waals surface area (Å²) in [5, 5.41) is 5.11. The first kappa shape index (κ1) is 14.9. The molecule has 0 atom stereocenters. The molecule has 0 rings (SSSR count). The van der Waals surface area contributed by atoms with Gasteiger partial charge in [0.05, 0.1) is 5.75 Å². The van der Waals surface area contributed by atoms with Crippen LogP contribution in [0.4, 0.5) is 0 Å². The Morgan fingerprint density at radius 2 is 1.69 bits per heavy atom. The maximum absolute atomic E-state index is 11.2. The van der Waals surface area contributed by atoms with Gasteiger partial charge in [0.15, 0.2) is 0 Å². The van der Waals surface area contributed by atoms with Gasteiger partial charge in [-0.05, 0) is 6.42 Å². The fraction of sp³-hybridized carbons (Fsp3) is 0.778. The van der Waals surface area contributed by atoms with E-state index in [-0.39, 0.29) is 24.0 Å². The minimum absolute atomic E-state index is 0.0200. The molecule has 0 spiro atoms. The molecule has 0 fully saturated rings. The Morgan fingerprint density at radius 3 is 2.19 bits per heavy atom. The highest BCUT2D eigenvalue weighted by molar-refractivity contribution is 7.90. The number of amides is 2. The number of nitrogens with one attached hydrogen (secondary N) is 2. The van der Waals surface area contributed by atoms with E-state index in [1.807, 2.05) is 0 Å². The molecule has 16 heavy (non-hydrogen) atoms. The van der Waals surface area contributed by atoms with Crippen LogP contribution in [0.5, 0.6) is 0 Å². The first-order chi connectivity index (χ1) is 7.31. The summed E-state index contributed by atoms with van der Waals surface area (Å²) in [4.78, 5) is 21.6. The van der Waals surface area contributed by atoms with Gasteiger partial charge in [-0.15, -0.1) is 0 Å². The molecule has 0 aliphatic heterocycles. The van der Waals surface area contributed by atoms with E-state index in [0.29, 0.717) is 19.5 Å². The fourth-order valence-electron chi connectivity index (χ4n) is 1.02. The Balaban J connectivity index is 3.49. The second kappa shape index (κ2) is 7.21. The number of carbonyl (C=O) groups excluding carboxylic acids is 2. The molecule has 2 N–H and O–H groups in total. The van der Waals surface area contributed by atoms with Gasteiger partial charge in [-0.2, -0.15) is 0 Å². The molecule has 0 bridgehead atoms. The lowest BCUT2D eigenvalue weighted by Crippen LogP contribution is -2.33. The third-order valence-corrected chi connectivity index (χ3v) is 2.77. The van der Waals surface area contributed by atoms with E-state index in [1.165, 1.54) is 6.92 Å². The Kier molecular flexibility index (Phi) is 6.71. The minimum Gasteiger partial charge on any atom is -0.355 e. The zero-order valence-corrected chi connectivity index (χ0v) is 10.4. The monoisotopic (exact) mass is 250 g/mol. The number of hydrogen-bond acceptors (Lipinski definition) is 4. The van der Waals surface area contributed by atoms with Crippen LogP contribution in [0.3, 0.4) is 0 Å². The van der Waals surface area contributed by atoms with Crippen molar-refractivity contribution in [3.8, 4) is 0 Å². The minimum atomic E-state index is -2.99. The molecule has 6 nitrogen and oxygen atoms in total. The van der Waals surface area contributed by atoms with E-state index in [0.717, 1.165) is 6.26 Å². The molecule has 0 aliphatic carbocycles. The van der Waals surface area contributed by atoms with Gasteiger partial charge in [0.2, 0.25) is 11.8 Å². The number of carbonyl (C=O) groups is 2. The Labute approximate surface area is 95.7 Å². The van der Waals surface area contributed by atoms with Gasteiger partial charge in [0.25, 0.3) is 0 Å². The summed E-state index contributed by atoms with van der Waals surface area (Å²) in [5.41, 5.74) is 0. The molecule has 94 valence electrons. The lowest BCUT2D eigenvalue weighted by atomic mass is 10.3. The van der Waals surface area contributed by atoms with Crippen molar-refractivity contribution in [3.63, 3.8) is 0 Å². The molecule has 0 heterocycles. The summed E-state index contributed by atoms with van der Waals surface area (Å²) in [7, 11) is -2.99. The van der Waals surface area contributed by atoms with Crippen molar-refractivity contribution in [2.45, 2.75) is 19.8 Å². The van der Waals surface area contributed by atoms with E-state index in [2.05, 4.69) is 10.6 Å². The first-order valence-corrected chi connectivity index (χ1v) is 7.06. The van der Waals surface area contributed by atoms with Crippen molar-refractivity contribution in [1.82, 2.24) is 10.6 Å². The number of sulfone groups is 1. The zero-order valence-electron chi connectivity index (χ0n) is 9.58. The summed E-state index contributed by atoms with van der Waals surface area (Å²) in [6.45, 7) is 2.14. The molecular weight excluding hydrogens is 232 g/mol. The second-order valence-electron chi connectivity index (χ2n) is 3.57. The van der Waals surface area contributed by atoms with Gasteiger partial charge in [-0.1, -0.05) is 0 Å². The maximum atomic E-state index is 11.2. The molecule has 0 aliphatic rings. The van der Waals surface area contributed by atoms with E-state index in [1.54, 1.807) is 0 Å². The first-order valence-electron chi connectivity index (χ1n) is 5.00. The summed E-state index contributed by atoms with van der Waals surface area (Å²) in [6.07, 6.45) is 1.65. The van der Waals surface area contributed by atoms with Crippen molar-refractivity contribution in [3.05, 3.63) is 0 Å². The van der Waals surface area contributed by atoms with Crippen LogP contribution in [0.2, 0.25) is 0 Å². The lowest BCUT2D eigenvalue weighted by Gasteiger charge is -2.05. The maximum Gasteiger partial charge on any atom is 0.220 e. The average molecular weight is 250 g/mol. The van der Waals surface area contributed by atoms with Crippen LogP contribution in [0, 0.1) is 0 Å². The SMILES string of the molecule is CC(=O)NCCNC(=O)CCCS(C)(=O)=O. The summed E-state index contributed by atoms with van der Waals surface area (Å²) in [6, 6.07) is 0. The quantitative estimate of drug-likeness (QED) is 0.571. The zero-order chi connectivity index (χ0) is 12.6. The van der Waals surface area contributed by atoms with Gasteiger partial charge in [-0.3, -0.25) is 9.59 Å². The highest BCUT2D eigenvalue weighted by atomic mass is 32.2. The predicted molar refractivity (Wildman–Crippen MR) is 60.6 cm³/mol. The lowest BCUT2D eigenvalue weighted by molar-refractivity contribution is -0.122. The van der Waals surface area contributed by atoms with Gasteiger partial charge < -0.3 is 10.6 Å². The molecule has 0 aromatic carbocycles. The predicted octanol–water partition coefficient (Wildman–Crippen LogP) is -0.936. The van der Waals surface area contributed by atoms with Gasteiger partial charge in [0, 0.05) is 32.7 Å². The van der Waals surface area contributed by atoms with E-state index >= 15 is 0 Å². The molecule has 0 unspecified atom stereocenters. The molecule has 7 heteroatoms.